The molecule has 2 aromatic rings. The molecule has 1 aromatic carbocycles. The second-order valence-corrected chi connectivity index (χ2v) is 5.41. The van der Waals surface area contributed by atoms with Crippen LogP contribution in [0.4, 0.5) is 5.69 Å². The van der Waals surface area contributed by atoms with Crippen molar-refractivity contribution in [1.29, 1.82) is 0 Å². The minimum Gasteiger partial charge on any atom is -0.437 e. The number of ether oxygens (including phenoxy) is 1. The Morgan fingerprint density at radius 1 is 1.42 bits per heavy atom. The van der Waals surface area contributed by atoms with Gasteiger partial charge in [0.05, 0.1) is 5.69 Å². The molecule has 0 bridgehead atoms. The van der Waals surface area contributed by atoms with Crippen molar-refractivity contribution in [2.75, 3.05) is 5.73 Å². The number of nitrogen functional groups attached to an aromatic ring is 1. The minimum absolute atomic E-state index is 0.602. The van der Waals surface area contributed by atoms with E-state index in [1.54, 1.807) is 4.68 Å². The molecule has 0 fully saturated rings. The SMILES string of the molecule is CCCc1nn(C)c(Oc2ccc(Br)c(C)c2)c1N. The molecule has 0 atom stereocenters. The van der Waals surface area contributed by atoms with Gasteiger partial charge >= 0.3 is 0 Å². The van der Waals surface area contributed by atoms with E-state index in [4.69, 9.17) is 10.5 Å². The predicted molar refractivity (Wildman–Crippen MR) is 80.6 cm³/mol. The summed E-state index contributed by atoms with van der Waals surface area (Å²) in [5, 5.41) is 4.39. The third kappa shape index (κ3) is 2.92. The smallest absolute Gasteiger partial charge is 0.241 e. The number of aromatic nitrogens is 2. The van der Waals surface area contributed by atoms with Gasteiger partial charge in [-0.15, -0.1) is 0 Å². The van der Waals surface area contributed by atoms with Crippen LogP contribution in [0, 0.1) is 6.92 Å². The second kappa shape index (κ2) is 5.65. The van der Waals surface area contributed by atoms with E-state index in [9.17, 15) is 0 Å². The summed E-state index contributed by atoms with van der Waals surface area (Å²) in [7, 11) is 1.84. The van der Waals surface area contributed by atoms with Crippen LogP contribution in [0.1, 0.15) is 24.6 Å². The Labute approximate surface area is 121 Å². The number of hydrogen-bond donors (Lipinski definition) is 1. The lowest BCUT2D eigenvalue weighted by atomic mass is 10.2. The first-order valence-corrected chi connectivity index (χ1v) is 7.07. The summed E-state index contributed by atoms with van der Waals surface area (Å²) in [4.78, 5) is 0. The van der Waals surface area contributed by atoms with E-state index in [1.165, 1.54) is 0 Å². The summed E-state index contributed by atoms with van der Waals surface area (Å²) in [5.41, 5.74) is 8.73. The Hall–Kier alpha value is -1.49. The predicted octanol–water partition coefficient (Wildman–Crippen LogP) is 3.82. The number of nitrogens with zero attached hydrogens (tertiary/aromatic N) is 2. The Bertz CT molecular complexity index is 593. The molecule has 0 radical (unpaired) electrons. The first-order chi connectivity index (χ1) is 9.02. The molecule has 0 aliphatic rings. The van der Waals surface area contributed by atoms with E-state index in [-0.39, 0.29) is 0 Å². The quantitative estimate of drug-likeness (QED) is 0.930. The largest absolute Gasteiger partial charge is 0.437 e. The Morgan fingerprint density at radius 2 is 2.16 bits per heavy atom. The number of benzene rings is 1. The van der Waals surface area contributed by atoms with E-state index in [2.05, 4.69) is 28.0 Å². The summed E-state index contributed by atoms with van der Waals surface area (Å²) in [5.74, 6) is 1.36. The molecular formula is C14H18BrN3O. The molecule has 1 aromatic heterocycles. The molecule has 5 heteroatoms. The van der Waals surface area contributed by atoms with Gasteiger partial charge in [0.1, 0.15) is 11.4 Å². The Kier molecular flexibility index (Phi) is 4.14. The van der Waals surface area contributed by atoms with Crippen LogP contribution in [0.15, 0.2) is 22.7 Å². The van der Waals surface area contributed by atoms with E-state index in [1.807, 2.05) is 32.2 Å². The Morgan fingerprint density at radius 3 is 2.79 bits per heavy atom. The lowest BCUT2D eigenvalue weighted by Crippen LogP contribution is -1.97. The van der Waals surface area contributed by atoms with Crippen LogP contribution in [-0.4, -0.2) is 9.78 Å². The number of hydrogen-bond acceptors (Lipinski definition) is 3. The average molecular weight is 324 g/mol. The first kappa shape index (κ1) is 13.9. The number of anilines is 1. The Balaban J connectivity index is 2.30. The van der Waals surface area contributed by atoms with Gasteiger partial charge in [-0.1, -0.05) is 29.3 Å². The fourth-order valence-corrected chi connectivity index (χ4v) is 2.16. The van der Waals surface area contributed by atoms with Crippen LogP contribution in [-0.2, 0) is 13.5 Å². The number of nitrogens with two attached hydrogens (primary N) is 1. The molecule has 1 heterocycles. The zero-order chi connectivity index (χ0) is 14.0. The third-order valence-electron chi connectivity index (χ3n) is 2.94. The fourth-order valence-electron chi connectivity index (χ4n) is 1.91. The van der Waals surface area contributed by atoms with Gasteiger partial charge in [0.25, 0.3) is 0 Å². The summed E-state index contributed by atoms with van der Waals surface area (Å²) in [6, 6.07) is 5.84. The van der Waals surface area contributed by atoms with Crippen LogP contribution in [0.5, 0.6) is 11.6 Å². The molecular weight excluding hydrogens is 306 g/mol. The van der Waals surface area contributed by atoms with Crippen molar-refractivity contribution in [3.8, 4) is 11.6 Å². The fraction of sp³-hybridized carbons (Fsp3) is 0.357. The van der Waals surface area contributed by atoms with Gasteiger partial charge in [-0.2, -0.15) is 5.10 Å². The van der Waals surface area contributed by atoms with E-state index in [0.29, 0.717) is 11.6 Å². The van der Waals surface area contributed by atoms with Crippen LogP contribution in [0.25, 0.3) is 0 Å². The molecule has 0 aliphatic carbocycles. The lowest BCUT2D eigenvalue weighted by molar-refractivity contribution is 0.432. The van der Waals surface area contributed by atoms with E-state index >= 15 is 0 Å². The van der Waals surface area contributed by atoms with Crippen LogP contribution in [0.3, 0.4) is 0 Å². The summed E-state index contributed by atoms with van der Waals surface area (Å²) < 4.78 is 8.61. The van der Waals surface area contributed by atoms with Crippen molar-refractivity contribution in [2.45, 2.75) is 26.7 Å². The van der Waals surface area contributed by atoms with Gasteiger partial charge in [-0.25, -0.2) is 4.68 Å². The molecule has 0 unspecified atom stereocenters. The maximum absolute atomic E-state index is 6.09. The summed E-state index contributed by atoms with van der Waals surface area (Å²) in [6.45, 7) is 4.12. The van der Waals surface area contributed by atoms with Gasteiger partial charge in [0.15, 0.2) is 0 Å². The summed E-state index contributed by atoms with van der Waals surface area (Å²) in [6.07, 6.45) is 1.88. The van der Waals surface area contributed by atoms with Crippen molar-refractivity contribution in [1.82, 2.24) is 9.78 Å². The molecule has 19 heavy (non-hydrogen) atoms. The molecule has 2 N–H and O–H groups in total. The molecule has 4 nitrogen and oxygen atoms in total. The normalized spacial score (nSPS) is 10.7. The highest BCUT2D eigenvalue weighted by Crippen LogP contribution is 2.31. The number of halogens is 1. The summed E-state index contributed by atoms with van der Waals surface area (Å²) >= 11 is 3.47. The van der Waals surface area contributed by atoms with Gasteiger partial charge in [0.2, 0.25) is 5.88 Å². The zero-order valence-corrected chi connectivity index (χ0v) is 13.0. The zero-order valence-electron chi connectivity index (χ0n) is 11.4. The first-order valence-electron chi connectivity index (χ1n) is 6.28. The van der Waals surface area contributed by atoms with Crippen molar-refractivity contribution < 1.29 is 4.74 Å². The highest BCUT2D eigenvalue weighted by atomic mass is 79.9. The van der Waals surface area contributed by atoms with E-state index < -0.39 is 0 Å². The van der Waals surface area contributed by atoms with E-state index in [0.717, 1.165) is 34.3 Å². The monoisotopic (exact) mass is 323 g/mol. The molecule has 0 amide bonds. The molecule has 102 valence electrons. The molecule has 0 aliphatic heterocycles. The van der Waals surface area contributed by atoms with Gasteiger partial charge in [0, 0.05) is 11.5 Å². The second-order valence-electron chi connectivity index (χ2n) is 4.55. The van der Waals surface area contributed by atoms with Gasteiger partial charge in [-0.3, -0.25) is 0 Å². The lowest BCUT2D eigenvalue weighted by Gasteiger charge is -2.08. The maximum Gasteiger partial charge on any atom is 0.241 e. The van der Waals surface area contributed by atoms with Crippen LogP contribution < -0.4 is 10.5 Å². The molecule has 2 rings (SSSR count). The van der Waals surface area contributed by atoms with Crippen molar-refractivity contribution in [2.24, 2.45) is 7.05 Å². The molecule has 0 saturated heterocycles. The number of aryl methyl sites for hydroxylation is 3. The van der Waals surface area contributed by atoms with Crippen molar-refractivity contribution >= 4 is 21.6 Å². The highest BCUT2D eigenvalue weighted by Gasteiger charge is 2.14. The van der Waals surface area contributed by atoms with Crippen LogP contribution >= 0.6 is 15.9 Å². The maximum atomic E-state index is 6.09. The minimum atomic E-state index is 0.602. The van der Waals surface area contributed by atoms with Crippen molar-refractivity contribution in [3.05, 3.63) is 33.9 Å². The van der Waals surface area contributed by atoms with Gasteiger partial charge in [-0.05, 0) is 37.1 Å². The van der Waals surface area contributed by atoms with Crippen LogP contribution in [0.2, 0.25) is 0 Å². The topological polar surface area (TPSA) is 53.1 Å². The standard InChI is InChI=1S/C14H18BrN3O/c1-4-5-12-13(16)14(18(3)17-12)19-10-6-7-11(15)9(2)8-10/h6-8H,4-5,16H2,1-3H3. The number of rotatable bonds is 4. The average Bonchev–Trinajstić information content (AvgIpc) is 2.62. The van der Waals surface area contributed by atoms with Crippen molar-refractivity contribution in [3.63, 3.8) is 0 Å². The molecule has 0 saturated carbocycles. The third-order valence-corrected chi connectivity index (χ3v) is 3.83. The van der Waals surface area contributed by atoms with Gasteiger partial charge < -0.3 is 10.5 Å². The molecule has 0 spiro atoms. The highest BCUT2D eigenvalue weighted by molar-refractivity contribution is 9.10.